The first kappa shape index (κ1) is 19.4. The number of benzene rings is 1. The van der Waals surface area contributed by atoms with E-state index in [1.54, 1.807) is 11.3 Å². The summed E-state index contributed by atoms with van der Waals surface area (Å²) >= 11 is 1.75. The summed E-state index contributed by atoms with van der Waals surface area (Å²) in [4.78, 5) is 14.6. The molecule has 1 aromatic heterocycles. The van der Waals surface area contributed by atoms with Crippen molar-refractivity contribution in [3.8, 4) is 0 Å². The number of hydrogen-bond donors (Lipinski definition) is 1. The van der Waals surface area contributed by atoms with E-state index in [2.05, 4.69) is 52.8 Å². The standard InChI is InChI=1S/C20H21NO2S.ClH/c22-20(23)17-9-4-12-21(15-17)13-5-10-18(19-11-6-14-24-19)16-7-2-1-3-8-16;/h1-3,6-11,14H,4-5,12-13,15H2,(H,22,23);1H/b18-10-;. The zero-order chi connectivity index (χ0) is 16.8. The number of thiophene rings is 1. The molecule has 3 rings (SSSR count). The molecule has 25 heavy (non-hydrogen) atoms. The van der Waals surface area contributed by atoms with Gasteiger partial charge in [-0.2, -0.15) is 0 Å². The van der Waals surface area contributed by atoms with Crippen molar-refractivity contribution in [3.63, 3.8) is 0 Å². The molecule has 0 radical (unpaired) electrons. The van der Waals surface area contributed by atoms with E-state index < -0.39 is 5.97 Å². The quantitative estimate of drug-likeness (QED) is 0.794. The highest BCUT2D eigenvalue weighted by Gasteiger charge is 2.16. The van der Waals surface area contributed by atoms with Crippen molar-refractivity contribution >= 4 is 35.3 Å². The maximum Gasteiger partial charge on any atom is 0.332 e. The third-order valence-corrected chi connectivity index (χ3v) is 5.07. The molecule has 0 saturated carbocycles. The lowest BCUT2D eigenvalue weighted by molar-refractivity contribution is -0.133. The summed E-state index contributed by atoms with van der Waals surface area (Å²) in [6, 6.07) is 14.6. The van der Waals surface area contributed by atoms with Crippen molar-refractivity contribution in [2.45, 2.75) is 12.8 Å². The van der Waals surface area contributed by atoms with E-state index in [9.17, 15) is 4.79 Å². The van der Waals surface area contributed by atoms with Crippen LogP contribution in [0.3, 0.4) is 0 Å². The molecule has 0 unspecified atom stereocenters. The van der Waals surface area contributed by atoms with E-state index in [0.29, 0.717) is 12.1 Å². The van der Waals surface area contributed by atoms with E-state index in [-0.39, 0.29) is 12.4 Å². The maximum absolute atomic E-state index is 11.1. The summed E-state index contributed by atoms with van der Waals surface area (Å²) < 4.78 is 0. The van der Waals surface area contributed by atoms with Crippen molar-refractivity contribution in [1.29, 1.82) is 0 Å². The SMILES string of the molecule is Cl.O=C(O)C1=CCCN(CC/C=C(/c2ccccc2)c2cccs2)C1. The summed E-state index contributed by atoms with van der Waals surface area (Å²) in [6.45, 7) is 2.36. The molecule has 132 valence electrons. The Balaban J connectivity index is 0.00000225. The molecule has 2 heterocycles. The van der Waals surface area contributed by atoms with Crippen molar-refractivity contribution < 1.29 is 9.90 Å². The first-order valence-corrected chi connectivity index (χ1v) is 9.06. The number of carboxylic acid groups (broad SMARTS) is 1. The van der Waals surface area contributed by atoms with Crippen LogP contribution >= 0.6 is 23.7 Å². The van der Waals surface area contributed by atoms with Gasteiger partial charge in [-0.15, -0.1) is 23.7 Å². The van der Waals surface area contributed by atoms with Crippen LogP contribution in [0, 0.1) is 0 Å². The topological polar surface area (TPSA) is 40.5 Å². The second-order valence-corrected chi connectivity index (χ2v) is 6.80. The number of hydrogen-bond acceptors (Lipinski definition) is 3. The van der Waals surface area contributed by atoms with Crippen LogP contribution in [-0.4, -0.2) is 35.6 Å². The second-order valence-electron chi connectivity index (χ2n) is 5.85. The highest BCUT2D eigenvalue weighted by atomic mass is 35.5. The average molecular weight is 376 g/mol. The molecule has 0 amide bonds. The molecule has 1 aliphatic rings. The lowest BCUT2D eigenvalue weighted by Crippen LogP contribution is -2.32. The molecule has 2 aromatic rings. The summed E-state index contributed by atoms with van der Waals surface area (Å²) in [5.41, 5.74) is 3.01. The number of halogens is 1. The molecule has 1 aromatic carbocycles. The van der Waals surface area contributed by atoms with Gasteiger partial charge in [0.2, 0.25) is 0 Å². The highest BCUT2D eigenvalue weighted by molar-refractivity contribution is 7.11. The van der Waals surface area contributed by atoms with Gasteiger partial charge in [-0.25, -0.2) is 4.79 Å². The Morgan fingerprint density at radius 2 is 2.00 bits per heavy atom. The zero-order valence-electron chi connectivity index (χ0n) is 13.9. The van der Waals surface area contributed by atoms with E-state index in [1.165, 1.54) is 16.0 Å². The molecule has 0 bridgehead atoms. The van der Waals surface area contributed by atoms with Crippen LogP contribution in [0.15, 0.2) is 65.6 Å². The lowest BCUT2D eigenvalue weighted by Gasteiger charge is -2.25. The zero-order valence-corrected chi connectivity index (χ0v) is 15.6. The molecule has 0 saturated heterocycles. The third kappa shape index (κ3) is 5.30. The molecule has 1 aliphatic heterocycles. The molecule has 5 heteroatoms. The number of nitrogens with zero attached hydrogens (tertiary/aromatic N) is 1. The Bertz CT molecular complexity index is 738. The Hall–Kier alpha value is -1.88. The minimum absolute atomic E-state index is 0. The lowest BCUT2D eigenvalue weighted by atomic mass is 10.0. The fourth-order valence-corrected chi connectivity index (χ4v) is 3.74. The minimum atomic E-state index is -0.793. The largest absolute Gasteiger partial charge is 0.478 e. The normalized spacial score (nSPS) is 15.4. The van der Waals surface area contributed by atoms with Gasteiger partial charge < -0.3 is 5.11 Å². The fraction of sp³-hybridized carbons (Fsp3) is 0.250. The summed E-state index contributed by atoms with van der Waals surface area (Å²) in [5, 5.41) is 11.2. The van der Waals surface area contributed by atoms with E-state index in [0.717, 1.165) is 25.9 Å². The Kier molecular flexibility index (Phi) is 7.44. The molecule has 0 spiro atoms. The van der Waals surface area contributed by atoms with Gasteiger partial charge in [-0.3, -0.25) is 4.90 Å². The van der Waals surface area contributed by atoms with Gasteiger partial charge >= 0.3 is 5.97 Å². The van der Waals surface area contributed by atoms with Gasteiger partial charge in [0, 0.05) is 30.1 Å². The summed E-state index contributed by atoms with van der Waals surface area (Å²) in [7, 11) is 0. The van der Waals surface area contributed by atoms with E-state index in [1.807, 2.05) is 12.1 Å². The maximum atomic E-state index is 11.1. The van der Waals surface area contributed by atoms with Gasteiger partial charge in [0.15, 0.2) is 0 Å². The molecule has 1 N–H and O–H groups in total. The van der Waals surface area contributed by atoms with Gasteiger partial charge in [-0.05, 0) is 35.4 Å². The third-order valence-electron chi connectivity index (χ3n) is 4.17. The van der Waals surface area contributed by atoms with Crippen LogP contribution in [0.4, 0.5) is 0 Å². The predicted octanol–water partition coefficient (Wildman–Crippen LogP) is 4.71. The van der Waals surface area contributed by atoms with Crippen molar-refractivity contribution in [3.05, 3.63) is 76.0 Å². The highest BCUT2D eigenvalue weighted by Crippen LogP contribution is 2.27. The Labute approximate surface area is 158 Å². The number of rotatable bonds is 6. The van der Waals surface area contributed by atoms with Crippen molar-refractivity contribution in [2.75, 3.05) is 19.6 Å². The molecule has 3 nitrogen and oxygen atoms in total. The van der Waals surface area contributed by atoms with Crippen molar-refractivity contribution in [1.82, 2.24) is 4.90 Å². The predicted molar refractivity (Wildman–Crippen MR) is 106 cm³/mol. The van der Waals surface area contributed by atoms with Crippen LogP contribution in [0.5, 0.6) is 0 Å². The molecular formula is C20H22ClNO2S. The van der Waals surface area contributed by atoms with Crippen LogP contribution in [0.25, 0.3) is 5.57 Å². The van der Waals surface area contributed by atoms with Gasteiger partial charge in [0.25, 0.3) is 0 Å². The molecule has 0 aliphatic carbocycles. The minimum Gasteiger partial charge on any atom is -0.478 e. The molecule has 0 fully saturated rings. The van der Waals surface area contributed by atoms with Crippen LogP contribution in [-0.2, 0) is 4.79 Å². The van der Waals surface area contributed by atoms with Gasteiger partial charge in [0.05, 0.1) is 0 Å². The molecular weight excluding hydrogens is 354 g/mol. The van der Waals surface area contributed by atoms with Crippen LogP contribution in [0.2, 0.25) is 0 Å². The fourth-order valence-electron chi connectivity index (χ4n) is 2.95. The summed E-state index contributed by atoms with van der Waals surface area (Å²) in [5.74, 6) is -0.793. The number of carboxylic acids is 1. The van der Waals surface area contributed by atoms with E-state index >= 15 is 0 Å². The van der Waals surface area contributed by atoms with Crippen LogP contribution in [0.1, 0.15) is 23.3 Å². The van der Waals surface area contributed by atoms with Crippen LogP contribution < -0.4 is 0 Å². The summed E-state index contributed by atoms with van der Waals surface area (Å²) in [6.07, 6.45) is 5.85. The van der Waals surface area contributed by atoms with Gasteiger partial charge in [-0.1, -0.05) is 48.6 Å². The van der Waals surface area contributed by atoms with E-state index in [4.69, 9.17) is 5.11 Å². The second kappa shape index (κ2) is 9.56. The monoisotopic (exact) mass is 375 g/mol. The molecule has 0 atom stereocenters. The Morgan fingerprint density at radius 1 is 1.20 bits per heavy atom. The van der Waals surface area contributed by atoms with Crippen molar-refractivity contribution in [2.24, 2.45) is 0 Å². The first-order chi connectivity index (χ1) is 11.7. The average Bonchev–Trinajstić information content (AvgIpc) is 3.14. The first-order valence-electron chi connectivity index (χ1n) is 8.18. The number of carbonyl (C=O) groups is 1. The van der Waals surface area contributed by atoms with Gasteiger partial charge in [0.1, 0.15) is 0 Å². The Morgan fingerprint density at radius 3 is 2.68 bits per heavy atom. The number of aliphatic carboxylic acids is 1. The smallest absolute Gasteiger partial charge is 0.332 e.